The number of likely N-dealkylation sites (tertiary alicyclic amines) is 1. The van der Waals surface area contributed by atoms with Crippen LogP contribution in [0, 0.1) is 5.41 Å². The quantitative estimate of drug-likeness (QED) is 0.646. The van der Waals surface area contributed by atoms with Crippen LogP contribution in [0.25, 0.3) is 0 Å². The SMILES string of the molecule is CC1(C)CCN(CCCOc2cccc(C(N)=S)c2)C1. The molecule has 0 aromatic heterocycles. The van der Waals surface area contributed by atoms with Crippen LogP contribution in [-0.2, 0) is 0 Å². The van der Waals surface area contributed by atoms with Gasteiger partial charge in [-0.1, -0.05) is 38.2 Å². The summed E-state index contributed by atoms with van der Waals surface area (Å²) in [5, 5.41) is 0. The number of thiocarbonyl (C=S) groups is 1. The first-order valence-electron chi connectivity index (χ1n) is 7.21. The number of nitrogens with zero attached hydrogens (tertiary/aromatic N) is 1. The highest BCUT2D eigenvalue weighted by Gasteiger charge is 2.28. The molecule has 1 saturated heterocycles. The lowest BCUT2D eigenvalue weighted by Crippen LogP contribution is -2.25. The van der Waals surface area contributed by atoms with Crippen LogP contribution in [0.1, 0.15) is 32.3 Å². The Balaban J connectivity index is 1.71. The third-order valence-electron chi connectivity index (χ3n) is 3.76. The van der Waals surface area contributed by atoms with Gasteiger partial charge >= 0.3 is 0 Å². The van der Waals surface area contributed by atoms with Gasteiger partial charge in [-0.15, -0.1) is 0 Å². The number of nitrogens with two attached hydrogens (primary N) is 1. The Kier molecular flexibility index (Phi) is 5.00. The van der Waals surface area contributed by atoms with Gasteiger partial charge in [0, 0.05) is 18.7 Å². The molecule has 1 aliphatic rings. The zero-order chi connectivity index (χ0) is 14.6. The van der Waals surface area contributed by atoms with Crippen molar-refractivity contribution in [2.24, 2.45) is 11.1 Å². The van der Waals surface area contributed by atoms with Crippen molar-refractivity contribution in [1.29, 1.82) is 0 Å². The number of rotatable bonds is 6. The maximum atomic E-state index is 5.77. The predicted molar refractivity (Wildman–Crippen MR) is 87.3 cm³/mol. The Bertz CT molecular complexity index is 473. The third kappa shape index (κ3) is 4.46. The van der Waals surface area contributed by atoms with Crippen LogP contribution in [-0.4, -0.2) is 36.1 Å². The molecule has 1 aliphatic heterocycles. The smallest absolute Gasteiger partial charge is 0.119 e. The van der Waals surface area contributed by atoms with Gasteiger partial charge in [0.05, 0.1) is 6.61 Å². The fourth-order valence-electron chi connectivity index (χ4n) is 2.63. The second-order valence-corrected chi connectivity index (χ2v) is 6.72. The van der Waals surface area contributed by atoms with Crippen molar-refractivity contribution < 1.29 is 4.74 Å². The molecule has 0 bridgehead atoms. The second-order valence-electron chi connectivity index (χ2n) is 6.28. The Morgan fingerprint density at radius 3 is 2.90 bits per heavy atom. The highest BCUT2D eigenvalue weighted by molar-refractivity contribution is 7.80. The number of benzene rings is 1. The maximum absolute atomic E-state index is 5.77. The molecule has 1 heterocycles. The fourth-order valence-corrected chi connectivity index (χ4v) is 2.76. The Labute approximate surface area is 127 Å². The van der Waals surface area contributed by atoms with Crippen LogP contribution in [0.2, 0.25) is 0 Å². The van der Waals surface area contributed by atoms with Crippen molar-refractivity contribution in [1.82, 2.24) is 4.90 Å². The van der Waals surface area contributed by atoms with E-state index in [1.54, 1.807) is 0 Å². The molecule has 0 aliphatic carbocycles. The topological polar surface area (TPSA) is 38.5 Å². The average Bonchev–Trinajstić information content (AvgIpc) is 2.75. The van der Waals surface area contributed by atoms with Gasteiger partial charge in [0.25, 0.3) is 0 Å². The summed E-state index contributed by atoms with van der Waals surface area (Å²) < 4.78 is 5.77. The molecular formula is C16H24N2OS. The summed E-state index contributed by atoms with van der Waals surface area (Å²) in [5.41, 5.74) is 6.95. The zero-order valence-corrected chi connectivity index (χ0v) is 13.2. The van der Waals surface area contributed by atoms with Crippen molar-refractivity contribution in [2.45, 2.75) is 26.7 Å². The van der Waals surface area contributed by atoms with Crippen LogP contribution >= 0.6 is 12.2 Å². The van der Waals surface area contributed by atoms with Crippen LogP contribution in [0.4, 0.5) is 0 Å². The molecule has 2 rings (SSSR count). The lowest BCUT2D eigenvalue weighted by Gasteiger charge is -2.19. The summed E-state index contributed by atoms with van der Waals surface area (Å²) in [6.07, 6.45) is 2.34. The molecule has 0 saturated carbocycles. The van der Waals surface area contributed by atoms with Gasteiger partial charge in [0.15, 0.2) is 0 Å². The van der Waals surface area contributed by atoms with Crippen LogP contribution < -0.4 is 10.5 Å². The molecule has 2 N–H and O–H groups in total. The summed E-state index contributed by atoms with van der Waals surface area (Å²) in [6.45, 7) is 8.93. The van der Waals surface area contributed by atoms with Crippen molar-refractivity contribution in [3.63, 3.8) is 0 Å². The Morgan fingerprint density at radius 2 is 2.25 bits per heavy atom. The first kappa shape index (κ1) is 15.3. The maximum Gasteiger partial charge on any atom is 0.119 e. The van der Waals surface area contributed by atoms with E-state index in [9.17, 15) is 0 Å². The summed E-state index contributed by atoms with van der Waals surface area (Å²) >= 11 is 4.97. The second kappa shape index (κ2) is 6.55. The molecule has 0 amide bonds. The Morgan fingerprint density at radius 1 is 1.45 bits per heavy atom. The van der Waals surface area contributed by atoms with Crippen molar-refractivity contribution >= 4 is 17.2 Å². The van der Waals surface area contributed by atoms with Crippen molar-refractivity contribution in [3.05, 3.63) is 29.8 Å². The fraction of sp³-hybridized carbons (Fsp3) is 0.562. The summed E-state index contributed by atoms with van der Waals surface area (Å²) in [7, 11) is 0. The van der Waals surface area contributed by atoms with Gasteiger partial charge in [-0.2, -0.15) is 0 Å². The van der Waals surface area contributed by atoms with E-state index in [0.717, 1.165) is 30.9 Å². The van der Waals surface area contributed by atoms with E-state index in [2.05, 4.69) is 18.7 Å². The van der Waals surface area contributed by atoms with E-state index in [-0.39, 0.29) is 0 Å². The van der Waals surface area contributed by atoms with Gasteiger partial charge < -0.3 is 15.4 Å². The molecule has 0 unspecified atom stereocenters. The highest BCUT2D eigenvalue weighted by atomic mass is 32.1. The molecule has 1 fully saturated rings. The summed E-state index contributed by atoms with van der Waals surface area (Å²) in [4.78, 5) is 2.93. The monoisotopic (exact) mass is 292 g/mol. The molecule has 20 heavy (non-hydrogen) atoms. The lowest BCUT2D eigenvalue weighted by atomic mass is 9.93. The number of hydrogen-bond donors (Lipinski definition) is 1. The number of hydrogen-bond acceptors (Lipinski definition) is 3. The first-order chi connectivity index (χ1) is 9.46. The van der Waals surface area contributed by atoms with Gasteiger partial charge in [0.2, 0.25) is 0 Å². The molecule has 1 aromatic carbocycles. The summed E-state index contributed by atoms with van der Waals surface area (Å²) in [6, 6.07) is 7.68. The van der Waals surface area contributed by atoms with Crippen molar-refractivity contribution in [2.75, 3.05) is 26.2 Å². The minimum atomic E-state index is 0.412. The highest BCUT2D eigenvalue weighted by Crippen LogP contribution is 2.28. The minimum Gasteiger partial charge on any atom is -0.494 e. The van der Waals surface area contributed by atoms with E-state index < -0.39 is 0 Å². The molecule has 0 spiro atoms. The predicted octanol–water partition coefficient (Wildman–Crippen LogP) is 2.82. The van der Waals surface area contributed by atoms with Gasteiger partial charge in [-0.3, -0.25) is 0 Å². The number of ether oxygens (including phenoxy) is 1. The first-order valence-corrected chi connectivity index (χ1v) is 7.62. The van der Waals surface area contributed by atoms with E-state index in [4.69, 9.17) is 22.7 Å². The van der Waals surface area contributed by atoms with Crippen LogP contribution in [0.5, 0.6) is 5.75 Å². The zero-order valence-electron chi connectivity index (χ0n) is 12.4. The normalized spacial score (nSPS) is 18.1. The molecule has 3 nitrogen and oxygen atoms in total. The average molecular weight is 292 g/mol. The van der Waals surface area contributed by atoms with Crippen LogP contribution in [0.3, 0.4) is 0 Å². The van der Waals surface area contributed by atoms with Gasteiger partial charge in [0.1, 0.15) is 10.7 Å². The van der Waals surface area contributed by atoms with E-state index in [1.807, 2.05) is 24.3 Å². The molecular weight excluding hydrogens is 268 g/mol. The third-order valence-corrected chi connectivity index (χ3v) is 4.00. The minimum absolute atomic E-state index is 0.412. The van der Waals surface area contributed by atoms with E-state index in [0.29, 0.717) is 10.4 Å². The molecule has 110 valence electrons. The van der Waals surface area contributed by atoms with Crippen LogP contribution in [0.15, 0.2) is 24.3 Å². The Hall–Kier alpha value is -1.13. The molecule has 4 heteroatoms. The van der Waals surface area contributed by atoms with E-state index >= 15 is 0 Å². The summed E-state index contributed by atoms with van der Waals surface area (Å²) in [5.74, 6) is 0.844. The molecule has 0 atom stereocenters. The van der Waals surface area contributed by atoms with Gasteiger partial charge in [-0.05, 0) is 36.9 Å². The molecule has 1 aromatic rings. The van der Waals surface area contributed by atoms with E-state index in [1.165, 1.54) is 19.5 Å². The molecule has 0 radical (unpaired) electrons. The van der Waals surface area contributed by atoms with Crippen molar-refractivity contribution in [3.8, 4) is 5.75 Å². The standard InChI is InChI=1S/C16H24N2OS/c1-16(2)7-9-18(12-16)8-4-10-19-14-6-3-5-13(11-14)15(17)20/h3,5-6,11H,4,7-10,12H2,1-2H3,(H2,17,20). The lowest BCUT2D eigenvalue weighted by molar-refractivity contribution is 0.247. The van der Waals surface area contributed by atoms with Gasteiger partial charge in [-0.25, -0.2) is 0 Å². The largest absolute Gasteiger partial charge is 0.494 e.